The Balaban J connectivity index is 2.47. The van der Waals surface area contributed by atoms with Gasteiger partial charge in [0, 0.05) is 13.0 Å². The van der Waals surface area contributed by atoms with Crippen LogP contribution in [0.1, 0.15) is 27.2 Å². The Kier molecular flexibility index (Phi) is 4.29. The normalized spacial score (nSPS) is 21.7. The molecular weight excluding hydrogens is 210 g/mol. The highest BCUT2D eigenvalue weighted by molar-refractivity contribution is 5.68. The quantitative estimate of drug-likeness (QED) is 0.668. The lowest BCUT2D eigenvalue weighted by atomic mass is 10.2. The van der Waals surface area contributed by atoms with Crippen molar-refractivity contribution in [2.24, 2.45) is 0 Å². The number of amides is 1. The molecule has 0 saturated carbocycles. The number of hydrogen-bond donors (Lipinski definition) is 0. The van der Waals surface area contributed by atoms with Crippen molar-refractivity contribution in [2.45, 2.75) is 38.9 Å². The maximum atomic E-state index is 11.7. The fraction of sp³-hybridized carbons (Fsp3) is 0.818. The zero-order valence-electron chi connectivity index (χ0n) is 10.1. The van der Waals surface area contributed by atoms with Gasteiger partial charge in [0.1, 0.15) is 11.9 Å². The molecule has 1 fully saturated rings. The predicted octanol–water partition coefficient (Wildman–Crippen LogP) is 1.21. The summed E-state index contributed by atoms with van der Waals surface area (Å²) in [5.41, 5.74) is -0.491. The summed E-state index contributed by atoms with van der Waals surface area (Å²) in [7, 11) is 0. The van der Waals surface area contributed by atoms with Gasteiger partial charge in [0.25, 0.3) is 0 Å². The van der Waals surface area contributed by atoms with E-state index in [1.807, 2.05) is 20.8 Å². The van der Waals surface area contributed by atoms with Crippen LogP contribution >= 0.6 is 0 Å². The molecule has 0 N–H and O–H groups in total. The smallest absolute Gasteiger partial charge is 0.410 e. The molecule has 0 radical (unpaired) electrons. The van der Waals surface area contributed by atoms with E-state index in [1.54, 1.807) is 4.90 Å². The molecule has 1 amide bonds. The van der Waals surface area contributed by atoms with Gasteiger partial charge in [-0.2, -0.15) is 0 Å². The molecule has 0 aromatic carbocycles. The van der Waals surface area contributed by atoms with Crippen molar-refractivity contribution in [1.82, 2.24) is 4.90 Å². The average molecular weight is 229 g/mol. The van der Waals surface area contributed by atoms with Gasteiger partial charge in [-0.1, -0.05) is 0 Å². The Morgan fingerprint density at radius 1 is 1.56 bits per heavy atom. The SMILES string of the molecule is CC(C)(C)OC(=O)N1CCOC(CC=O)C1. The lowest BCUT2D eigenvalue weighted by Gasteiger charge is -2.33. The van der Waals surface area contributed by atoms with E-state index >= 15 is 0 Å². The summed E-state index contributed by atoms with van der Waals surface area (Å²) >= 11 is 0. The Hall–Kier alpha value is -1.10. The number of rotatable bonds is 2. The van der Waals surface area contributed by atoms with E-state index in [2.05, 4.69) is 0 Å². The molecule has 1 rings (SSSR count). The molecule has 1 saturated heterocycles. The second-order valence-corrected chi connectivity index (χ2v) is 4.82. The number of nitrogens with zero attached hydrogens (tertiary/aromatic N) is 1. The van der Waals surface area contributed by atoms with E-state index in [-0.39, 0.29) is 12.2 Å². The molecule has 1 aliphatic heterocycles. The maximum absolute atomic E-state index is 11.7. The lowest BCUT2D eigenvalue weighted by molar-refractivity contribution is -0.112. The standard InChI is InChI=1S/C11H19NO4/c1-11(2,3)16-10(14)12-5-7-15-9(8-12)4-6-13/h6,9H,4-5,7-8H2,1-3H3. The van der Waals surface area contributed by atoms with Crippen molar-refractivity contribution >= 4 is 12.4 Å². The summed E-state index contributed by atoms with van der Waals surface area (Å²) < 4.78 is 10.6. The van der Waals surface area contributed by atoms with Crippen LogP contribution in [0.3, 0.4) is 0 Å². The molecule has 1 atom stereocenters. The van der Waals surface area contributed by atoms with Crippen LogP contribution in [0.25, 0.3) is 0 Å². The first-order valence-corrected chi connectivity index (χ1v) is 5.45. The second-order valence-electron chi connectivity index (χ2n) is 4.82. The van der Waals surface area contributed by atoms with Gasteiger partial charge in [-0.15, -0.1) is 0 Å². The molecule has 0 bridgehead atoms. The maximum Gasteiger partial charge on any atom is 0.410 e. The minimum Gasteiger partial charge on any atom is -0.444 e. The van der Waals surface area contributed by atoms with Crippen molar-refractivity contribution in [1.29, 1.82) is 0 Å². The topological polar surface area (TPSA) is 55.8 Å². The average Bonchev–Trinajstić information content (AvgIpc) is 2.16. The van der Waals surface area contributed by atoms with E-state index in [0.29, 0.717) is 26.1 Å². The molecule has 0 aromatic heterocycles. The van der Waals surface area contributed by atoms with E-state index in [0.717, 1.165) is 6.29 Å². The van der Waals surface area contributed by atoms with Crippen LogP contribution in [0.4, 0.5) is 4.79 Å². The van der Waals surface area contributed by atoms with Crippen LogP contribution in [0.2, 0.25) is 0 Å². The monoisotopic (exact) mass is 229 g/mol. The zero-order chi connectivity index (χ0) is 12.2. The van der Waals surface area contributed by atoms with E-state index in [1.165, 1.54) is 0 Å². The molecule has 16 heavy (non-hydrogen) atoms. The fourth-order valence-corrected chi connectivity index (χ4v) is 1.46. The molecular formula is C11H19NO4. The summed E-state index contributed by atoms with van der Waals surface area (Å²) in [6.45, 7) is 6.88. The summed E-state index contributed by atoms with van der Waals surface area (Å²) in [5, 5.41) is 0. The Bertz CT molecular complexity index is 259. The van der Waals surface area contributed by atoms with Crippen LogP contribution in [0.15, 0.2) is 0 Å². The third kappa shape index (κ3) is 4.18. The van der Waals surface area contributed by atoms with Crippen LogP contribution in [-0.4, -0.2) is 48.7 Å². The molecule has 0 spiro atoms. The number of carbonyl (C=O) groups excluding carboxylic acids is 2. The number of ether oxygens (including phenoxy) is 2. The van der Waals surface area contributed by atoms with Crippen LogP contribution < -0.4 is 0 Å². The highest BCUT2D eigenvalue weighted by atomic mass is 16.6. The van der Waals surface area contributed by atoms with Gasteiger partial charge < -0.3 is 19.2 Å². The Morgan fingerprint density at radius 2 is 2.25 bits per heavy atom. The van der Waals surface area contributed by atoms with E-state index < -0.39 is 5.60 Å². The van der Waals surface area contributed by atoms with Gasteiger partial charge in [-0.25, -0.2) is 4.79 Å². The van der Waals surface area contributed by atoms with Crippen molar-refractivity contribution in [3.63, 3.8) is 0 Å². The molecule has 0 aliphatic carbocycles. The molecule has 1 unspecified atom stereocenters. The van der Waals surface area contributed by atoms with Gasteiger partial charge in [0.15, 0.2) is 0 Å². The zero-order valence-corrected chi connectivity index (χ0v) is 10.1. The van der Waals surface area contributed by atoms with Crippen molar-refractivity contribution in [2.75, 3.05) is 19.7 Å². The highest BCUT2D eigenvalue weighted by Crippen LogP contribution is 2.13. The van der Waals surface area contributed by atoms with Gasteiger partial charge in [-0.05, 0) is 20.8 Å². The summed E-state index contributed by atoms with van der Waals surface area (Å²) in [5.74, 6) is 0. The van der Waals surface area contributed by atoms with Gasteiger partial charge >= 0.3 is 6.09 Å². The van der Waals surface area contributed by atoms with Crippen LogP contribution in [0, 0.1) is 0 Å². The van der Waals surface area contributed by atoms with Crippen molar-refractivity contribution in [3.8, 4) is 0 Å². The fourth-order valence-electron chi connectivity index (χ4n) is 1.46. The molecule has 5 heteroatoms. The molecule has 5 nitrogen and oxygen atoms in total. The number of hydrogen-bond acceptors (Lipinski definition) is 4. The van der Waals surface area contributed by atoms with E-state index in [4.69, 9.17) is 9.47 Å². The van der Waals surface area contributed by atoms with E-state index in [9.17, 15) is 9.59 Å². The lowest BCUT2D eigenvalue weighted by Crippen LogP contribution is -2.47. The molecule has 1 heterocycles. The third-order valence-electron chi connectivity index (χ3n) is 2.15. The minimum atomic E-state index is -0.491. The van der Waals surface area contributed by atoms with Gasteiger partial charge in [0.05, 0.1) is 19.3 Å². The molecule has 1 aliphatic rings. The van der Waals surface area contributed by atoms with Crippen LogP contribution in [-0.2, 0) is 14.3 Å². The first-order valence-electron chi connectivity index (χ1n) is 5.45. The summed E-state index contributed by atoms with van der Waals surface area (Å²) in [6.07, 6.45) is 0.591. The van der Waals surface area contributed by atoms with Crippen molar-refractivity contribution < 1.29 is 19.1 Å². The number of morpholine rings is 1. The highest BCUT2D eigenvalue weighted by Gasteiger charge is 2.27. The molecule has 0 aromatic rings. The summed E-state index contributed by atoms with van der Waals surface area (Å²) in [4.78, 5) is 23.7. The third-order valence-corrected chi connectivity index (χ3v) is 2.15. The largest absolute Gasteiger partial charge is 0.444 e. The number of carbonyl (C=O) groups is 2. The van der Waals surface area contributed by atoms with Gasteiger partial charge in [0.2, 0.25) is 0 Å². The summed E-state index contributed by atoms with van der Waals surface area (Å²) in [6, 6.07) is 0. The first-order chi connectivity index (χ1) is 7.42. The Morgan fingerprint density at radius 3 is 2.81 bits per heavy atom. The minimum absolute atomic E-state index is 0.196. The first kappa shape index (κ1) is 13.0. The van der Waals surface area contributed by atoms with Crippen molar-refractivity contribution in [3.05, 3.63) is 0 Å². The second kappa shape index (κ2) is 5.30. The Labute approximate surface area is 95.7 Å². The predicted molar refractivity (Wildman–Crippen MR) is 58.2 cm³/mol. The van der Waals surface area contributed by atoms with Gasteiger partial charge in [-0.3, -0.25) is 0 Å². The van der Waals surface area contributed by atoms with Crippen LogP contribution in [0.5, 0.6) is 0 Å². The number of aldehydes is 1. The molecule has 92 valence electrons.